The molecule has 2 aromatic rings. The van der Waals surface area contributed by atoms with Crippen LogP contribution in [0.4, 0.5) is 0 Å². The monoisotopic (exact) mass is 350 g/mol. The molecule has 136 valence electrons. The summed E-state index contributed by atoms with van der Waals surface area (Å²) in [5, 5.41) is 0. The standard InChI is InChI=1S/C22H26N2O2/c1-23(21(25)17-9-5-3-6-10-17)19-13-15-20(16-14-19)24(2)22(26)18-11-7-4-8-12-18/h3-12,19-20H,13-16H2,1-2H3. The van der Waals surface area contributed by atoms with Gasteiger partial charge in [0.05, 0.1) is 0 Å². The maximum absolute atomic E-state index is 12.6. The van der Waals surface area contributed by atoms with Crippen LogP contribution in [0.3, 0.4) is 0 Å². The average Bonchev–Trinajstić information content (AvgIpc) is 2.73. The summed E-state index contributed by atoms with van der Waals surface area (Å²) in [7, 11) is 3.78. The van der Waals surface area contributed by atoms with Gasteiger partial charge in [-0.25, -0.2) is 0 Å². The third kappa shape index (κ3) is 3.96. The van der Waals surface area contributed by atoms with Crippen LogP contribution < -0.4 is 0 Å². The molecule has 0 radical (unpaired) electrons. The summed E-state index contributed by atoms with van der Waals surface area (Å²) in [4.78, 5) is 29.0. The lowest BCUT2D eigenvalue weighted by atomic mass is 9.89. The average molecular weight is 350 g/mol. The lowest BCUT2D eigenvalue weighted by Crippen LogP contribution is -2.45. The molecule has 0 atom stereocenters. The molecule has 0 unspecified atom stereocenters. The zero-order valence-corrected chi connectivity index (χ0v) is 15.5. The zero-order valence-electron chi connectivity index (χ0n) is 15.5. The van der Waals surface area contributed by atoms with Gasteiger partial charge in [0.25, 0.3) is 11.8 Å². The molecular formula is C22H26N2O2. The Bertz CT molecular complexity index is 672. The molecule has 0 bridgehead atoms. The molecule has 2 aromatic carbocycles. The van der Waals surface area contributed by atoms with E-state index in [2.05, 4.69) is 0 Å². The molecule has 1 aliphatic carbocycles. The number of amides is 2. The maximum Gasteiger partial charge on any atom is 0.253 e. The Balaban J connectivity index is 1.57. The van der Waals surface area contributed by atoms with Gasteiger partial charge < -0.3 is 9.80 Å². The van der Waals surface area contributed by atoms with Gasteiger partial charge >= 0.3 is 0 Å². The van der Waals surface area contributed by atoms with Crippen molar-refractivity contribution >= 4 is 11.8 Å². The molecule has 4 heteroatoms. The smallest absolute Gasteiger partial charge is 0.253 e. The van der Waals surface area contributed by atoms with Crippen LogP contribution in [-0.4, -0.2) is 47.8 Å². The van der Waals surface area contributed by atoms with Gasteiger partial charge in [-0.15, -0.1) is 0 Å². The molecule has 0 N–H and O–H groups in total. The van der Waals surface area contributed by atoms with Crippen LogP contribution in [0, 0.1) is 0 Å². The molecule has 0 aliphatic heterocycles. The molecule has 0 saturated heterocycles. The molecule has 1 fully saturated rings. The summed E-state index contributed by atoms with van der Waals surface area (Å²) in [6, 6.07) is 19.3. The Hall–Kier alpha value is -2.62. The van der Waals surface area contributed by atoms with Crippen LogP contribution in [0.25, 0.3) is 0 Å². The Morgan fingerprint density at radius 1 is 0.654 bits per heavy atom. The van der Waals surface area contributed by atoms with Crippen LogP contribution in [0.15, 0.2) is 60.7 Å². The van der Waals surface area contributed by atoms with E-state index in [9.17, 15) is 9.59 Å². The SMILES string of the molecule is CN(C(=O)c1ccccc1)C1CCC(N(C)C(=O)c2ccccc2)CC1. The van der Waals surface area contributed by atoms with E-state index >= 15 is 0 Å². The van der Waals surface area contributed by atoms with Crippen LogP contribution in [0.5, 0.6) is 0 Å². The lowest BCUT2D eigenvalue weighted by molar-refractivity contribution is 0.0572. The quantitative estimate of drug-likeness (QED) is 0.840. The van der Waals surface area contributed by atoms with Crippen molar-refractivity contribution in [2.24, 2.45) is 0 Å². The second-order valence-corrected chi connectivity index (χ2v) is 7.03. The van der Waals surface area contributed by atoms with Crippen LogP contribution in [0.2, 0.25) is 0 Å². The summed E-state index contributed by atoms with van der Waals surface area (Å²) in [5.74, 6) is 0.144. The first kappa shape index (κ1) is 18.2. The van der Waals surface area contributed by atoms with E-state index in [1.54, 1.807) is 0 Å². The van der Waals surface area contributed by atoms with Crippen molar-refractivity contribution in [2.75, 3.05) is 14.1 Å². The Morgan fingerprint density at radius 2 is 0.962 bits per heavy atom. The predicted molar refractivity (Wildman–Crippen MR) is 103 cm³/mol. The fraction of sp³-hybridized carbons (Fsp3) is 0.364. The predicted octanol–water partition coefficient (Wildman–Crippen LogP) is 3.84. The highest BCUT2D eigenvalue weighted by Crippen LogP contribution is 2.27. The van der Waals surface area contributed by atoms with E-state index in [-0.39, 0.29) is 23.9 Å². The Labute approximate surface area is 155 Å². The van der Waals surface area contributed by atoms with E-state index in [1.165, 1.54) is 0 Å². The van der Waals surface area contributed by atoms with Crippen molar-refractivity contribution < 1.29 is 9.59 Å². The normalized spacial score (nSPS) is 19.6. The summed E-state index contributed by atoms with van der Waals surface area (Å²) in [6.07, 6.45) is 3.69. The molecule has 1 saturated carbocycles. The number of benzene rings is 2. The Kier molecular flexibility index (Phi) is 5.71. The molecule has 4 nitrogen and oxygen atoms in total. The highest BCUT2D eigenvalue weighted by molar-refractivity contribution is 5.94. The number of hydrogen-bond donors (Lipinski definition) is 0. The third-order valence-electron chi connectivity index (χ3n) is 5.44. The second kappa shape index (κ2) is 8.17. The highest BCUT2D eigenvalue weighted by atomic mass is 16.2. The van der Waals surface area contributed by atoms with Crippen molar-refractivity contribution in [1.29, 1.82) is 0 Å². The molecule has 26 heavy (non-hydrogen) atoms. The first-order valence-corrected chi connectivity index (χ1v) is 9.22. The van der Waals surface area contributed by atoms with E-state index in [1.807, 2.05) is 84.6 Å². The van der Waals surface area contributed by atoms with Gasteiger partial charge in [-0.3, -0.25) is 9.59 Å². The largest absolute Gasteiger partial charge is 0.339 e. The van der Waals surface area contributed by atoms with Gasteiger partial charge in [0.15, 0.2) is 0 Å². The van der Waals surface area contributed by atoms with Gasteiger partial charge in [0.2, 0.25) is 0 Å². The Morgan fingerprint density at radius 3 is 1.27 bits per heavy atom. The first-order chi connectivity index (χ1) is 12.6. The molecule has 0 aromatic heterocycles. The lowest BCUT2D eigenvalue weighted by Gasteiger charge is -2.38. The van der Waals surface area contributed by atoms with Crippen LogP contribution in [-0.2, 0) is 0 Å². The highest BCUT2D eigenvalue weighted by Gasteiger charge is 2.30. The van der Waals surface area contributed by atoms with Crippen molar-refractivity contribution in [3.05, 3.63) is 71.8 Å². The molecule has 1 aliphatic rings. The fourth-order valence-corrected chi connectivity index (χ4v) is 3.73. The van der Waals surface area contributed by atoms with Crippen molar-refractivity contribution in [3.63, 3.8) is 0 Å². The third-order valence-corrected chi connectivity index (χ3v) is 5.44. The number of rotatable bonds is 4. The second-order valence-electron chi connectivity index (χ2n) is 7.03. The summed E-state index contributed by atoms with van der Waals surface area (Å²) in [6.45, 7) is 0. The maximum atomic E-state index is 12.6. The van der Waals surface area contributed by atoms with Gasteiger partial charge in [0, 0.05) is 37.3 Å². The number of hydrogen-bond acceptors (Lipinski definition) is 2. The minimum absolute atomic E-state index is 0.0720. The topological polar surface area (TPSA) is 40.6 Å². The minimum atomic E-state index is 0.0720. The summed E-state index contributed by atoms with van der Waals surface area (Å²) in [5.41, 5.74) is 1.46. The zero-order chi connectivity index (χ0) is 18.5. The molecule has 0 spiro atoms. The molecule has 3 rings (SSSR count). The first-order valence-electron chi connectivity index (χ1n) is 9.22. The minimum Gasteiger partial charge on any atom is -0.339 e. The number of carbonyl (C=O) groups excluding carboxylic acids is 2. The van der Waals surface area contributed by atoms with Crippen LogP contribution in [0.1, 0.15) is 46.4 Å². The van der Waals surface area contributed by atoms with Crippen LogP contribution >= 0.6 is 0 Å². The van der Waals surface area contributed by atoms with Gasteiger partial charge in [-0.2, -0.15) is 0 Å². The summed E-state index contributed by atoms with van der Waals surface area (Å²) >= 11 is 0. The van der Waals surface area contributed by atoms with Crippen molar-refractivity contribution in [2.45, 2.75) is 37.8 Å². The number of nitrogens with zero attached hydrogens (tertiary/aromatic N) is 2. The van der Waals surface area contributed by atoms with E-state index in [0.717, 1.165) is 36.8 Å². The molecular weight excluding hydrogens is 324 g/mol. The summed E-state index contributed by atoms with van der Waals surface area (Å²) < 4.78 is 0. The van der Waals surface area contributed by atoms with E-state index < -0.39 is 0 Å². The number of carbonyl (C=O) groups is 2. The van der Waals surface area contributed by atoms with Gasteiger partial charge in [0.1, 0.15) is 0 Å². The van der Waals surface area contributed by atoms with Gasteiger partial charge in [-0.1, -0.05) is 36.4 Å². The van der Waals surface area contributed by atoms with E-state index in [4.69, 9.17) is 0 Å². The van der Waals surface area contributed by atoms with Crippen molar-refractivity contribution in [1.82, 2.24) is 9.80 Å². The van der Waals surface area contributed by atoms with Gasteiger partial charge in [-0.05, 0) is 49.9 Å². The van der Waals surface area contributed by atoms with Crippen molar-refractivity contribution in [3.8, 4) is 0 Å². The molecule has 2 amide bonds. The molecule has 0 heterocycles. The fourth-order valence-electron chi connectivity index (χ4n) is 3.73. The van der Waals surface area contributed by atoms with E-state index in [0.29, 0.717) is 0 Å².